The maximum absolute atomic E-state index is 11.0. The fourth-order valence-electron chi connectivity index (χ4n) is 2.22. The highest BCUT2D eigenvalue weighted by Gasteiger charge is 2.09. The first-order valence-electron chi connectivity index (χ1n) is 8.69. The zero-order valence-corrected chi connectivity index (χ0v) is 14.8. The molecule has 7 nitrogen and oxygen atoms in total. The molecule has 0 aliphatic rings. The van der Waals surface area contributed by atoms with Gasteiger partial charge in [0.2, 0.25) is 11.4 Å². The molecule has 0 spiro atoms. The van der Waals surface area contributed by atoms with Crippen molar-refractivity contribution in [3.05, 3.63) is 55.9 Å². The molecule has 0 aromatic carbocycles. The van der Waals surface area contributed by atoms with Crippen LogP contribution in [0.2, 0.25) is 0 Å². The van der Waals surface area contributed by atoms with E-state index >= 15 is 0 Å². The van der Waals surface area contributed by atoms with E-state index in [1.807, 2.05) is 12.4 Å². The SMILES string of the molecule is CC/C(=C\C/C=C(\C/C=C\CCCCCCC[C]=O)[N+](=O)[O-])[N+](=O)[O-]. The highest BCUT2D eigenvalue weighted by atomic mass is 16.6. The molecule has 7 heteroatoms. The summed E-state index contributed by atoms with van der Waals surface area (Å²) < 4.78 is 0. The Hall–Kier alpha value is -2.31. The lowest BCUT2D eigenvalue weighted by Gasteiger charge is -1.97. The second-order valence-corrected chi connectivity index (χ2v) is 5.62. The van der Waals surface area contributed by atoms with Crippen molar-refractivity contribution in [3.8, 4) is 0 Å². The molecule has 0 N–H and O–H groups in total. The summed E-state index contributed by atoms with van der Waals surface area (Å²) in [6.07, 6.45) is 15.6. The Morgan fingerprint density at radius 2 is 1.52 bits per heavy atom. The summed E-state index contributed by atoms with van der Waals surface area (Å²) in [5.74, 6) is 0. The summed E-state index contributed by atoms with van der Waals surface area (Å²) in [5.41, 5.74) is 0.122. The fraction of sp³-hybridized carbons (Fsp3) is 0.611. The van der Waals surface area contributed by atoms with Gasteiger partial charge in [-0.05, 0) is 37.8 Å². The average Bonchev–Trinajstić information content (AvgIpc) is 2.57. The number of carbonyl (C=O) groups excluding carboxylic acids is 1. The van der Waals surface area contributed by atoms with Crippen LogP contribution in [0.1, 0.15) is 71.1 Å². The molecule has 0 bridgehead atoms. The van der Waals surface area contributed by atoms with Gasteiger partial charge in [0.05, 0.1) is 16.3 Å². The Bertz CT molecular complexity index is 510. The van der Waals surface area contributed by atoms with Crippen molar-refractivity contribution in [2.24, 2.45) is 0 Å². The molecule has 0 atom stereocenters. The quantitative estimate of drug-likeness (QED) is 0.181. The van der Waals surface area contributed by atoms with Crippen LogP contribution in [0.15, 0.2) is 35.7 Å². The minimum atomic E-state index is -0.462. The van der Waals surface area contributed by atoms with Gasteiger partial charge >= 0.3 is 0 Å². The number of nitro groups is 2. The number of hydrogen-bond donors (Lipinski definition) is 0. The molecule has 0 unspecified atom stereocenters. The number of nitrogens with zero attached hydrogens (tertiary/aromatic N) is 2. The molecule has 0 aromatic heterocycles. The van der Waals surface area contributed by atoms with Crippen LogP contribution >= 0.6 is 0 Å². The Kier molecular flexibility index (Phi) is 13.8. The van der Waals surface area contributed by atoms with Crippen LogP contribution in [0, 0.1) is 20.2 Å². The van der Waals surface area contributed by atoms with Crippen LogP contribution in [0.5, 0.6) is 0 Å². The Balaban J connectivity index is 4.15. The lowest BCUT2D eigenvalue weighted by atomic mass is 10.1. The number of allylic oxidation sites excluding steroid dienone is 5. The van der Waals surface area contributed by atoms with Crippen LogP contribution in [0.25, 0.3) is 0 Å². The van der Waals surface area contributed by atoms with E-state index in [4.69, 9.17) is 0 Å². The van der Waals surface area contributed by atoms with Crippen molar-refractivity contribution in [2.45, 2.75) is 71.1 Å². The molecule has 0 saturated carbocycles. The van der Waals surface area contributed by atoms with Gasteiger partial charge in [0, 0.05) is 12.8 Å². The van der Waals surface area contributed by atoms with Gasteiger partial charge in [-0.15, -0.1) is 0 Å². The molecule has 0 amide bonds. The normalized spacial score (nSPS) is 12.5. The summed E-state index contributed by atoms with van der Waals surface area (Å²) in [6.45, 7) is 1.68. The minimum Gasteiger partial charge on any atom is -0.291 e. The van der Waals surface area contributed by atoms with Crippen molar-refractivity contribution in [1.29, 1.82) is 0 Å². The topological polar surface area (TPSA) is 103 Å². The van der Waals surface area contributed by atoms with E-state index in [1.165, 1.54) is 12.2 Å². The molecule has 0 aliphatic heterocycles. The van der Waals surface area contributed by atoms with E-state index in [0.717, 1.165) is 38.5 Å². The van der Waals surface area contributed by atoms with E-state index in [0.29, 0.717) is 12.8 Å². The van der Waals surface area contributed by atoms with Gasteiger partial charge in [-0.25, -0.2) is 0 Å². The molecule has 0 aromatic rings. The summed E-state index contributed by atoms with van der Waals surface area (Å²) in [5, 5.41) is 21.7. The van der Waals surface area contributed by atoms with Crippen LogP contribution < -0.4 is 0 Å². The van der Waals surface area contributed by atoms with Gasteiger partial charge in [0.25, 0.3) is 0 Å². The fourth-order valence-corrected chi connectivity index (χ4v) is 2.22. The average molecular weight is 351 g/mol. The molecule has 1 radical (unpaired) electrons. The Morgan fingerprint density at radius 3 is 2.12 bits per heavy atom. The summed E-state index contributed by atoms with van der Waals surface area (Å²) in [6, 6.07) is 0. The third-order valence-electron chi connectivity index (χ3n) is 3.68. The Labute approximate surface area is 148 Å². The first-order chi connectivity index (χ1) is 12.0. The van der Waals surface area contributed by atoms with Gasteiger partial charge < -0.3 is 0 Å². The molecule has 139 valence electrons. The standard InChI is InChI=1S/C18H27N2O5/c1-2-17(19(22)23)14-12-15-18(20(24)25)13-10-8-6-4-3-5-7-9-11-16-21/h8,10,14-15H,2-7,9,11-13H2,1H3/b10-8-,17-14+,18-15+. The van der Waals surface area contributed by atoms with Gasteiger partial charge in [0.15, 0.2) is 6.29 Å². The molecule has 0 fully saturated rings. The van der Waals surface area contributed by atoms with Crippen molar-refractivity contribution in [2.75, 3.05) is 0 Å². The number of unbranched alkanes of at least 4 members (excludes halogenated alkanes) is 6. The van der Waals surface area contributed by atoms with E-state index in [9.17, 15) is 25.0 Å². The van der Waals surface area contributed by atoms with Gasteiger partial charge in [-0.1, -0.05) is 38.3 Å². The van der Waals surface area contributed by atoms with Crippen molar-refractivity contribution in [3.63, 3.8) is 0 Å². The molecule has 0 aliphatic carbocycles. The number of rotatable bonds is 15. The molecule has 25 heavy (non-hydrogen) atoms. The van der Waals surface area contributed by atoms with E-state index < -0.39 is 9.85 Å². The number of hydrogen-bond acceptors (Lipinski definition) is 5. The van der Waals surface area contributed by atoms with E-state index in [2.05, 4.69) is 0 Å². The minimum absolute atomic E-state index is 0.0522. The predicted molar refractivity (Wildman–Crippen MR) is 96.8 cm³/mol. The van der Waals surface area contributed by atoms with Crippen molar-refractivity contribution in [1.82, 2.24) is 0 Å². The van der Waals surface area contributed by atoms with Crippen molar-refractivity contribution < 1.29 is 14.6 Å². The summed E-state index contributed by atoms with van der Waals surface area (Å²) in [4.78, 5) is 30.8. The first kappa shape index (κ1) is 22.7. The zero-order chi connectivity index (χ0) is 18.9. The highest BCUT2D eigenvalue weighted by molar-refractivity contribution is 5.50. The molecule has 0 heterocycles. The van der Waals surface area contributed by atoms with Crippen LogP contribution in [0.4, 0.5) is 0 Å². The highest BCUT2D eigenvalue weighted by Crippen LogP contribution is 2.10. The summed E-state index contributed by atoms with van der Waals surface area (Å²) in [7, 11) is 0. The van der Waals surface area contributed by atoms with Gasteiger partial charge in [-0.3, -0.25) is 25.0 Å². The lowest BCUT2D eigenvalue weighted by Crippen LogP contribution is -1.99. The van der Waals surface area contributed by atoms with Crippen molar-refractivity contribution >= 4 is 6.29 Å². The third-order valence-corrected chi connectivity index (χ3v) is 3.68. The van der Waals surface area contributed by atoms with E-state index in [-0.39, 0.29) is 24.2 Å². The van der Waals surface area contributed by atoms with E-state index in [1.54, 1.807) is 13.0 Å². The van der Waals surface area contributed by atoms with Crippen LogP contribution in [0.3, 0.4) is 0 Å². The van der Waals surface area contributed by atoms with Gasteiger partial charge in [0.1, 0.15) is 0 Å². The Morgan fingerprint density at radius 1 is 0.920 bits per heavy atom. The largest absolute Gasteiger partial charge is 0.291 e. The second-order valence-electron chi connectivity index (χ2n) is 5.62. The molecular formula is C18H27N2O5. The zero-order valence-electron chi connectivity index (χ0n) is 14.8. The first-order valence-corrected chi connectivity index (χ1v) is 8.69. The second kappa shape index (κ2) is 15.2. The van der Waals surface area contributed by atoms with Gasteiger partial charge in [-0.2, -0.15) is 0 Å². The smallest absolute Gasteiger partial charge is 0.246 e. The third kappa shape index (κ3) is 12.7. The monoisotopic (exact) mass is 351 g/mol. The summed E-state index contributed by atoms with van der Waals surface area (Å²) >= 11 is 0. The molecule has 0 rings (SSSR count). The molecule has 0 saturated heterocycles. The predicted octanol–water partition coefficient (Wildman–Crippen LogP) is 4.89. The molecular weight excluding hydrogens is 324 g/mol. The maximum atomic E-state index is 11.0. The maximum Gasteiger partial charge on any atom is 0.246 e. The lowest BCUT2D eigenvalue weighted by molar-refractivity contribution is -0.428. The van der Waals surface area contributed by atoms with Crippen LogP contribution in [-0.2, 0) is 4.79 Å². The van der Waals surface area contributed by atoms with Crippen LogP contribution in [-0.4, -0.2) is 16.1 Å².